The molecule has 4 rings (SSSR count). The van der Waals surface area contributed by atoms with Crippen molar-refractivity contribution in [1.29, 1.82) is 0 Å². The summed E-state index contributed by atoms with van der Waals surface area (Å²) < 4.78 is 40.7. The number of nitrogens with zero attached hydrogens (tertiary/aromatic N) is 2. The van der Waals surface area contributed by atoms with E-state index in [1.807, 2.05) is 30.3 Å². The molecule has 3 aromatic rings. The fourth-order valence-corrected chi connectivity index (χ4v) is 5.70. The van der Waals surface area contributed by atoms with Gasteiger partial charge in [-0.1, -0.05) is 42.5 Å². The Morgan fingerprint density at radius 3 is 2.43 bits per heavy atom. The number of rotatable bonds is 5. The van der Waals surface area contributed by atoms with Crippen LogP contribution in [0.2, 0.25) is 0 Å². The lowest BCUT2D eigenvalue weighted by molar-refractivity contribution is -0.917. The molecule has 28 heavy (non-hydrogen) atoms. The van der Waals surface area contributed by atoms with Gasteiger partial charge in [-0.25, -0.2) is 17.8 Å². The maximum absolute atomic E-state index is 13.9. The molecule has 1 saturated heterocycles. The van der Waals surface area contributed by atoms with E-state index in [0.29, 0.717) is 26.2 Å². The summed E-state index contributed by atoms with van der Waals surface area (Å²) in [6.45, 7) is 2.86. The Morgan fingerprint density at radius 2 is 1.71 bits per heavy atom. The van der Waals surface area contributed by atoms with Crippen LogP contribution in [0, 0.1) is 5.82 Å². The van der Waals surface area contributed by atoms with E-state index in [1.54, 1.807) is 17.4 Å². The van der Waals surface area contributed by atoms with E-state index in [2.05, 4.69) is 5.38 Å². The molecule has 1 aliphatic rings. The monoisotopic (exact) mass is 418 g/mol. The topological polar surface area (TPSA) is 54.7 Å². The molecule has 0 amide bonds. The summed E-state index contributed by atoms with van der Waals surface area (Å²) in [6.07, 6.45) is 0. The van der Waals surface area contributed by atoms with Gasteiger partial charge < -0.3 is 4.90 Å². The van der Waals surface area contributed by atoms with Crippen molar-refractivity contribution in [2.45, 2.75) is 11.4 Å². The van der Waals surface area contributed by atoms with Crippen LogP contribution in [0.25, 0.3) is 10.6 Å². The molecule has 0 atom stereocenters. The van der Waals surface area contributed by atoms with Gasteiger partial charge in [0.1, 0.15) is 28.0 Å². The van der Waals surface area contributed by atoms with Crippen molar-refractivity contribution >= 4 is 21.4 Å². The smallest absolute Gasteiger partial charge is 0.246 e. The number of halogens is 1. The van der Waals surface area contributed by atoms with E-state index in [9.17, 15) is 12.8 Å². The van der Waals surface area contributed by atoms with Crippen LogP contribution >= 0.6 is 11.3 Å². The second-order valence-electron chi connectivity index (χ2n) is 6.77. The summed E-state index contributed by atoms with van der Waals surface area (Å²) in [7, 11) is -3.79. The number of piperazine rings is 1. The van der Waals surface area contributed by atoms with Crippen molar-refractivity contribution in [3.05, 3.63) is 71.5 Å². The van der Waals surface area contributed by atoms with E-state index in [-0.39, 0.29) is 4.90 Å². The predicted octanol–water partition coefficient (Wildman–Crippen LogP) is 2.04. The molecule has 1 fully saturated rings. The van der Waals surface area contributed by atoms with Crippen molar-refractivity contribution in [3.8, 4) is 10.6 Å². The van der Waals surface area contributed by atoms with Gasteiger partial charge in [0.05, 0.1) is 26.2 Å². The third-order valence-corrected chi connectivity index (χ3v) is 7.76. The fraction of sp³-hybridized carbons (Fsp3) is 0.250. The highest BCUT2D eigenvalue weighted by atomic mass is 32.2. The Bertz CT molecular complexity index is 1050. The molecule has 1 aromatic heterocycles. The summed E-state index contributed by atoms with van der Waals surface area (Å²) in [5, 5.41) is 3.06. The first kappa shape index (κ1) is 19.2. The van der Waals surface area contributed by atoms with E-state index < -0.39 is 15.8 Å². The normalized spacial score (nSPS) is 16.3. The van der Waals surface area contributed by atoms with Crippen molar-refractivity contribution in [3.63, 3.8) is 0 Å². The molecule has 0 spiro atoms. The van der Waals surface area contributed by atoms with Crippen molar-refractivity contribution in [2.75, 3.05) is 26.2 Å². The fourth-order valence-electron chi connectivity index (χ4n) is 3.37. The Morgan fingerprint density at radius 1 is 1.04 bits per heavy atom. The van der Waals surface area contributed by atoms with Gasteiger partial charge in [0.25, 0.3) is 0 Å². The quantitative estimate of drug-likeness (QED) is 0.690. The molecule has 0 radical (unpaired) electrons. The molecular weight excluding hydrogens is 397 g/mol. The van der Waals surface area contributed by atoms with Gasteiger partial charge in [0, 0.05) is 10.9 Å². The number of sulfonamides is 1. The lowest BCUT2D eigenvalue weighted by Crippen LogP contribution is -3.13. The van der Waals surface area contributed by atoms with Crippen LogP contribution in [0.1, 0.15) is 5.69 Å². The third kappa shape index (κ3) is 4.00. The number of nitrogens with one attached hydrogen (secondary N) is 1. The van der Waals surface area contributed by atoms with Gasteiger partial charge in [-0.15, -0.1) is 11.3 Å². The molecule has 1 aliphatic heterocycles. The van der Waals surface area contributed by atoms with Crippen molar-refractivity contribution < 1.29 is 17.7 Å². The van der Waals surface area contributed by atoms with Crippen LogP contribution in [0.15, 0.2) is 64.9 Å². The molecule has 1 N–H and O–H groups in total. The van der Waals surface area contributed by atoms with Crippen molar-refractivity contribution in [1.82, 2.24) is 9.29 Å². The average molecular weight is 419 g/mol. The van der Waals surface area contributed by atoms with Crippen molar-refractivity contribution in [2.24, 2.45) is 0 Å². The molecule has 2 aromatic carbocycles. The number of quaternary nitrogens is 1. The van der Waals surface area contributed by atoms with Crippen LogP contribution in [0.5, 0.6) is 0 Å². The summed E-state index contributed by atoms with van der Waals surface area (Å²) in [5.41, 5.74) is 2.12. The van der Waals surface area contributed by atoms with Gasteiger partial charge in [-0.05, 0) is 12.1 Å². The maximum Gasteiger partial charge on any atom is 0.246 e. The second kappa shape index (κ2) is 8.08. The Hall–Kier alpha value is -2.13. The molecule has 0 saturated carbocycles. The lowest BCUT2D eigenvalue weighted by Gasteiger charge is -2.31. The largest absolute Gasteiger partial charge is 0.328 e. The zero-order valence-corrected chi connectivity index (χ0v) is 16.8. The summed E-state index contributed by atoms with van der Waals surface area (Å²) in [5.74, 6) is -0.701. The van der Waals surface area contributed by atoms with Crippen LogP contribution in [-0.4, -0.2) is 43.9 Å². The van der Waals surface area contributed by atoms with Gasteiger partial charge >= 0.3 is 0 Å². The summed E-state index contributed by atoms with van der Waals surface area (Å²) in [6, 6.07) is 15.6. The molecule has 0 unspecified atom stereocenters. The Balaban J connectivity index is 1.39. The molecule has 0 aliphatic carbocycles. The van der Waals surface area contributed by atoms with E-state index in [4.69, 9.17) is 4.98 Å². The molecule has 2 heterocycles. The number of benzene rings is 2. The minimum atomic E-state index is -3.79. The van der Waals surface area contributed by atoms with Gasteiger partial charge in [-0.3, -0.25) is 0 Å². The summed E-state index contributed by atoms with van der Waals surface area (Å²) in [4.78, 5) is 5.76. The first-order chi connectivity index (χ1) is 13.5. The Kier molecular flexibility index (Phi) is 5.54. The number of thiazole rings is 1. The lowest BCUT2D eigenvalue weighted by atomic mass is 10.2. The standard InChI is InChI=1S/C20H20FN3O2S2/c21-18-8-4-5-9-19(18)28(25,26)24-12-10-23(11-13-24)14-17-15-27-20(22-17)16-6-2-1-3-7-16/h1-9,15H,10-14H2/p+1. The minimum absolute atomic E-state index is 0.245. The van der Waals surface area contributed by atoms with Crippen LogP contribution in [0.4, 0.5) is 4.39 Å². The van der Waals surface area contributed by atoms with Crippen LogP contribution < -0.4 is 4.90 Å². The number of hydrogen-bond donors (Lipinski definition) is 1. The van der Waals surface area contributed by atoms with Gasteiger partial charge in [0.2, 0.25) is 10.0 Å². The van der Waals surface area contributed by atoms with Gasteiger partial charge in [0.15, 0.2) is 0 Å². The maximum atomic E-state index is 13.9. The SMILES string of the molecule is O=S(=O)(c1ccccc1F)N1CC[NH+](Cc2csc(-c3ccccc3)n2)CC1. The molecule has 5 nitrogen and oxygen atoms in total. The average Bonchev–Trinajstić information content (AvgIpc) is 3.18. The highest BCUT2D eigenvalue weighted by Crippen LogP contribution is 2.23. The minimum Gasteiger partial charge on any atom is -0.328 e. The third-order valence-electron chi connectivity index (χ3n) is 4.89. The first-order valence-corrected chi connectivity index (χ1v) is 11.4. The van der Waals surface area contributed by atoms with E-state index >= 15 is 0 Å². The Labute approximate surface area is 168 Å². The molecular formula is C20H21FN3O2S2+. The molecule has 0 bridgehead atoms. The highest BCUT2D eigenvalue weighted by molar-refractivity contribution is 7.89. The van der Waals surface area contributed by atoms with Crippen LogP contribution in [-0.2, 0) is 16.6 Å². The highest BCUT2D eigenvalue weighted by Gasteiger charge is 2.32. The van der Waals surface area contributed by atoms with Gasteiger partial charge in [-0.2, -0.15) is 4.31 Å². The summed E-state index contributed by atoms with van der Waals surface area (Å²) >= 11 is 1.62. The molecule has 8 heteroatoms. The van der Waals surface area contributed by atoms with Crippen LogP contribution in [0.3, 0.4) is 0 Å². The van der Waals surface area contributed by atoms with E-state index in [1.165, 1.54) is 27.4 Å². The predicted molar refractivity (Wildman–Crippen MR) is 107 cm³/mol. The number of hydrogen-bond acceptors (Lipinski definition) is 4. The zero-order valence-electron chi connectivity index (χ0n) is 15.2. The zero-order chi connectivity index (χ0) is 19.6. The van der Waals surface area contributed by atoms with E-state index in [0.717, 1.165) is 22.8 Å². The first-order valence-electron chi connectivity index (χ1n) is 9.12. The molecule has 146 valence electrons. The number of aromatic nitrogens is 1. The second-order valence-corrected chi connectivity index (χ2v) is 9.54.